The summed E-state index contributed by atoms with van der Waals surface area (Å²) in [5.74, 6) is 0. The molecule has 2 nitrogen and oxygen atoms in total. The second-order valence-electron chi connectivity index (χ2n) is 17.1. The van der Waals surface area contributed by atoms with Gasteiger partial charge in [-0.25, -0.2) is 0 Å². The van der Waals surface area contributed by atoms with E-state index in [4.69, 9.17) is 11.3 Å². The van der Waals surface area contributed by atoms with Crippen LogP contribution in [0, 0.1) is 0 Å². The second kappa shape index (κ2) is 14.4. The van der Waals surface area contributed by atoms with Crippen molar-refractivity contribution in [2.45, 2.75) is 0 Å². The van der Waals surface area contributed by atoms with Crippen LogP contribution in [0.2, 0.25) is 0 Å². The van der Waals surface area contributed by atoms with E-state index in [-0.39, 0.29) is 29.7 Å². The Bertz CT molecular complexity index is 4390. The second-order valence-corrected chi connectivity index (χ2v) is 17.1. The van der Waals surface area contributed by atoms with Crippen LogP contribution in [0.5, 0.6) is 0 Å². The minimum absolute atomic E-state index is 0.184. The van der Waals surface area contributed by atoms with Crippen molar-refractivity contribution < 1.29 is 11.3 Å². The van der Waals surface area contributed by atoms with Gasteiger partial charge in [-0.15, -0.1) is 0 Å². The average molecular weight is 843 g/mol. The van der Waals surface area contributed by atoms with Crippen molar-refractivity contribution >= 4 is 86.8 Å². The molecule has 0 radical (unpaired) electrons. The number of fused-ring (bicyclic) bond motifs is 10. The molecule has 0 spiro atoms. The maximum absolute atomic E-state index is 9.05. The zero-order chi connectivity index (χ0) is 47.6. The molecule has 0 aliphatic heterocycles. The predicted molar refractivity (Wildman–Crippen MR) is 280 cm³/mol. The molecule has 0 aliphatic rings. The van der Waals surface area contributed by atoms with Gasteiger partial charge in [0, 0.05) is 38.4 Å². The van der Waals surface area contributed by atoms with Crippen LogP contribution in [-0.4, -0.2) is 4.57 Å². The summed E-state index contributed by atoms with van der Waals surface area (Å²) in [5, 5.41) is 12.4. The molecule has 0 saturated carbocycles. The van der Waals surface area contributed by atoms with Crippen LogP contribution < -0.4 is 0 Å². The van der Waals surface area contributed by atoms with Gasteiger partial charge in [0.2, 0.25) is 0 Å². The van der Waals surface area contributed by atoms with Gasteiger partial charge in [-0.2, -0.15) is 0 Å². The molecule has 2 aromatic heterocycles. The number of rotatable bonds is 5. The number of para-hydroxylation sites is 3. The van der Waals surface area contributed by atoms with Crippen LogP contribution in [-0.2, 0) is 0 Å². The van der Waals surface area contributed by atoms with Crippen molar-refractivity contribution in [2.24, 2.45) is 0 Å². The summed E-state index contributed by atoms with van der Waals surface area (Å²) < 4.78 is 53.1. The molecule has 0 fully saturated rings. The summed E-state index contributed by atoms with van der Waals surface area (Å²) in [6.45, 7) is 0. The highest BCUT2D eigenvalue weighted by molar-refractivity contribution is 6.28. The van der Waals surface area contributed by atoms with Gasteiger partial charge in [0.05, 0.1) is 17.9 Å². The number of hydrogen-bond acceptors (Lipinski definition) is 1. The number of hydrogen-bond donors (Lipinski definition) is 0. The summed E-state index contributed by atoms with van der Waals surface area (Å²) in [4.78, 5) is 0. The molecule has 14 rings (SSSR count). The third kappa shape index (κ3) is 5.30. The molecule has 0 bridgehead atoms. The Kier molecular flexibility index (Phi) is 6.99. The van der Waals surface area contributed by atoms with Crippen molar-refractivity contribution in [1.29, 1.82) is 0 Å². The van der Waals surface area contributed by atoms with Crippen LogP contribution in [0.1, 0.15) is 6.85 Å². The highest BCUT2D eigenvalue weighted by Crippen LogP contribution is 2.50. The van der Waals surface area contributed by atoms with E-state index < -0.39 is 6.04 Å². The number of furan rings is 1. The van der Waals surface area contributed by atoms with E-state index in [0.717, 1.165) is 98.5 Å². The lowest BCUT2D eigenvalue weighted by atomic mass is 9.84. The molecule has 0 unspecified atom stereocenters. The van der Waals surface area contributed by atoms with E-state index in [1.807, 2.05) is 36.4 Å². The highest BCUT2D eigenvalue weighted by atomic mass is 16.3. The first-order valence-corrected chi connectivity index (χ1v) is 22.4. The molecule has 0 N–H and O–H groups in total. The first kappa shape index (κ1) is 32.0. The van der Waals surface area contributed by atoms with Crippen molar-refractivity contribution in [2.75, 3.05) is 0 Å². The van der Waals surface area contributed by atoms with Gasteiger partial charge >= 0.3 is 0 Å². The van der Waals surface area contributed by atoms with Gasteiger partial charge in [0.1, 0.15) is 11.2 Å². The summed E-state index contributed by atoms with van der Waals surface area (Å²) in [5.41, 5.74) is 12.2. The fourth-order valence-electron chi connectivity index (χ4n) is 11.0. The van der Waals surface area contributed by atoms with Crippen LogP contribution >= 0.6 is 0 Å². The molecule has 2 heterocycles. The van der Waals surface area contributed by atoms with Crippen LogP contribution in [0.15, 0.2) is 241 Å². The fourth-order valence-corrected chi connectivity index (χ4v) is 11.0. The lowest BCUT2D eigenvalue weighted by Crippen LogP contribution is -1.94. The maximum atomic E-state index is 9.05. The van der Waals surface area contributed by atoms with Crippen molar-refractivity contribution in [3.63, 3.8) is 0 Å². The van der Waals surface area contributed by atoms with Crippen molar-refractivity contribution in [3.8, 4) is 50.2 Å². The molecule has 2 heteroatoms. The smallest absolute Gasteiger partial charge is 0.143 e. The quantitative estimate of drug-likeness (QED) is 0.158. The minimum atomic E-state index is -0.413. The first-order valence-electron chi connectivity index (χ1n) is 24.9. The van der Waals surface area contributed by atoms with E-state index in [2.05, 4.69) is 174 Å². The van der Waals surface area contributed by atoms with Gasteiger partial charge in [-0.3, -0.25) is 0 Å². The van der Waals surface area contributed by atoms with Gasteiger partial charge in [-0.1, -0.05) is 206 Å². The Morgan fingerprint density at radius 2 is 0.727 bits per heavy atom. The fraction of sp³-hybridized carbons (Fsp3) is 0. The van der Waals surface area contributed by atoms with Crippen LogP contribution in [0.4, 0.5) is 0 Å². The molecule has 14 aromatic rings. The standard InChI is InChI=1S/C64H39NO/c1-2-18-40(19-3-1)59-47-24-6-10-28-51(47)62(52-29-11-7-25-48(52)59)54-31-16-32-55-63-53(30-17-35-58(63)66-64(54)55)61-49-26-8-4-22-45(49)60(46-23-5-9-27-50(46)61)41-36-38-42(39-37-41)65-56-33-14-12-20-43(56)44-21-13-15-34-57(44)65/h1-39H/i1D,2D,3D,18D,19D. The Hall–Kier alpha value is -8.72. The van der Waals surface area contributed by atoms with Gasteiger partial charge in [0.25, 0.3) is 0 Å². The molecule has 306 valence electrons. The summed E-state index contributed by atoms with van der Waals surface area (Å²) in [6.07, 6.45) is 0. The molecule has 66 heavy (non-hydrogen) atoms. The molecule has 0 atom stereocenters. The zero-order valence-corrected chi connectivity index (χ0v) is 35.5. The summed E-state index contributed by atoms with van der Waals surface area (Å²) >= 11 is 0. The lowest BCUT2D eigenvalue weighted by Gasteiger charge is -2.18. The summed E-state index contributed by atoms with van der Waals surface area (Å²) in [7, 11) is 0. The van der Waals surface area contributed by atoms with Crippen molar-refractivity contribution in [3.05, 3.63) is 236 Å². The Morgan fingerprint density at radius 1 is 0.318 bits per heavy atom. The third-order valence-corrected chi connectivity index (χ3v) is 13.7. The van der Waals surface area contributed by atoms with E-state index in [9.17, 15) is 0 Å². The number of aromatic nitrogens is 1. The van der Waals surface area contributed by atoms with E-state index in [0.29, 0.717) is 5.56 Å². The predicted octanol–water partition coefficient (Wildman–Crippen LogP) is 18.0. The van der Waals surface area contributed by atoms with E-state index in [1.54, 1.807) is 0 Å². The monoisotopic (exact) mass is 842 g/mol. The Balaban J connectivity index is 0.987. The molecular formula is C64H39NO. The molecule has 0 saturated heterocycles. The van der Waals surface area contributed by atoms with E-state index >= 15 is 0 Å². The molecule has 12 aromatic carbocycles. The lowest BCUT2D eigenvalue weighted by molar-refractivity contribution is 0.670. The van der Waals surface area contributed by atoms with Gasteiger partial charge < -0.3 is 8.98 Å². The largest absolute Gasteiger partial charge is 0.455 e. The first-order chi connectivity index (χ1) is 34.9. The van der Waals surface area contributed by atoms with Gasteiger partial charge in [0.15, 0.2) is 0 Å². The average Bonchev–Trinajstić information content (AvgIpc) is 3.98. The molecular weight excluding hydrogens is 799 g/mol. The summed E-state index contributed by atoms with van der Waals surface area (Å²) in [6, 6.07) is 70.8. The number of benzene rings is 12. The van der Waals surface area contributed by atoms with Crippen LogP contribution in [0.25, 0.3) is 137 Å². The minimum Gasteiger partial charge on any atom is -0.455 e. The normalized spacial score (nSPS) is 13.0. The Morgan fingerprint density at radius 3 is 1.26 bits per heavy atom. The number of nitrogens with zero attached hydrogens (tertiary/aromatic N) is 1. The topological polar surface area (TPSA) is 18.1 Å². The highest BCUT2D eigenvalue weighted by Gasteiger charge is 2.24. The SMILES string of the molecule is [2H]c1c([2H])c([2H])c(-c2c3ccccc3c(-c3cccc4c3oc3cccc(-c5c6ccccc6c(-c6ccc(-n7c8ccccc8c8ccccc87)cc6)c6ccccc56)c34)c3ccccc23)c([2H])c1[2H]. The van der Waals surface area contributed by atoms with Crippen LogP contribution in [0.3, 0.4) is 0 Å². The van der Waals surface area contributed by atoms with Gasteiger partial charge in [-0.05, 0) is 107 Å². The Labute approximate surface area is 387 Å². The maximum Gasteiger partial charge on any atom is 0.143 e. The van der Waals surface area contributed by atoms with E-state index in [1.165, 1.54) is 27.4 Å². The zero-order valence-electron chi connectivity index (χ0n) is 40.5. The molecule has 0 aliphatic carbocycles. The van der Waals surface area contributed by atoms with Crippen molar-refractivity contribution in [1.82, 2.24) is 4.57 Å². The third-order valence-electron chi connectivity index (χ3n) is 13.7. The molecule has 0 amide bonds.